The zero-order chi connectivity index (χ0) is 20.4. The van der Waals surface area contributed by atoms with Gasteiger partial charge in [-0.05, 0) is 30.7 Å². The third-order valence-electron chi connectivity index (χ3n) is 4.99. The molecule has 2 heterocycles. The maximum absolute atomic E-state index is 14.5. The number of fused-ring (bicyclic) bond motifs is 1. The van der Waals surface area contributed by atoms with Crippen LogP contribution in [-0.2, 0) is 6.54 Å². The molecule has 0 fully saturated rings. The Kier molecular flexibility index (Phi) is 5.49. The second-order valence-corrected chi connectivity index (χ2v) is 7.45. The first-order chi connectivity index (χ1) is 14.1. The van der Waals surface area contributed by atoms with Crippen LogP contribution in [0, 0.1) is 5.82 Å². The first kappa shape index (κ1) is 19.4. The summed E-state index contributed by atoms with van der Waals surface area (Å²) in [5.74, 6) is 0.154. The summed E-state index contributed by atoms with van der Waals surface area (Å²) in [5.41, 5.74) is 2.25. The molecule has 4 nitrogen and oxygen atoms in total. The van der Waals surface area contributed by atoms with Gasteiger partial charge in [-0.2, -0.15) is 0 Å². The summed E-state index contributed by atoms with van der Waals surface area (Å²) >= 11 is 5.99. The van der Waals surface area contributed by atoms with Gasteiger partial charge in [0.15, 0.2) is 0 Å². The lowest BCUT2D eigenvalue weighted by Crippen LogP contribution is -2.19. The third kappa shape index (κ3) is 3.83. The van der Waals surface area contributed by atoms with Crippen molar-refractivity contribution in [3.8, 4) is 22.5 Å². The molecule has 0 atom stereocenters. The number of nitrogens with zero attached hydrogens (tertiary/aromatic N) is 3. The highest BCUT2D eigenvalue weighted by atomic mass is 35.5. The molecule has 0 spiro atoms. The minimum absolute atomic E-state index is 0.238. The van der Waals surface area contributed by atoms with E-state index < -0.39 is 0 Å². The van der Waals surface area contributed by atoms with E-state index in [9.17, 15) is 9.18 Å². The maximum atomic E-state index is 14.5. The van der Waals surface area contributed by atoms with Gasteiger partial charge < -0.3 is 4.57 Å². The topological polar surface area (TPSA) is 39.3 Å². The average molecular weight is 410 g/mol. The fourth-order valence-electron chi connectivity index (χ4n) is 3.49. The number of halogens is 2. The van der Waals surface area contributed by atoms with Crippen LogP contribution in [0.1, 0.15) is 26.2 Å². The number of hydrogen-bond acceptors (Lipinski definition) is 2. The number of rotatable bonds is 6. The number of hydrogen-bond donors (Lipinski definition) is 0. The van der Waals surface area contributed by atoms with Crippen LogP contribution in [0.2, 0.25) is 5.02 Å². The smallest absolute Gasteiger partial charge is 0.259 e. The van der Waals surface area contributed by atoms with E-state index in [2.05, 4.69) is 6.92 Å². The highest BCUT2D eigenvalue weighted by Crippen LogP contribution is 2.26. The Morgan fingerprint density at radius 1 is 1.07 bits per heavy atom. The van der Waals surface area contributed by atoms with Crippen LogP contribution < -0.4 is 5.56 Å². The van der Waals surface area contributed by atoms with E-state index in [4.69, 9.17) is 16.6 Å². The fraction of sp³-hybridized carbons (Fsp3) is 0.217. The van der Waals surface area contributed by atoms with Gasteiger partial charge in [0.05, 0.1) is 11.4 Å². The average Bonchev–Trinajstić information content (AvgIpc) is 3.17. The van der Waals surface area contributed by atoms with Crippen LogP contribution >= 0.6 is 11.6 Å². The lowest BCUT2D eigenvalue weighted by Gasteiger charge is -2.15. The monoisotopic (exact) mass is 409 g/mol. The highest BCUT2D eigenvalue weighted by Gasteiger charge is 2.16. The maximum Gasteiger partial charge on any atom is 0.259 e. The molecule has 0 aliphatic rings. The number of benzene rings is 2. The summed E-state index contributed by atoms with van der Waals surface area (Å²) in [6.07, 6.45) is 4.75. The second kappa shape index (κ2) is 8.21. The third-order valence-corrected chi connectivity index (χ3v) is 5.24. The van der Waals surface area contributed by atoms with E-state index in [1.54, 1.807) is 36.5 Å². The van der Waals surface area contributed by atoms with Crippen LogP contribution in [0.3, 0.4) is 0 Å². The van der Waals surface area contributed by atoms with Crippen molar-refractivity contribution in [3.63, 3.8) is 0 Å². The van der Waals surface area contributed by atoms with Gasteiger partial charge >= 0.3 is 0 Å². The summed E-state index contributed by atoms with van der Waals surface area (Å²) in [7, 11) is 0. The first-order valence-electron chi connectivity index (χ1n) is 9.72. The predicted octanol–water partition coefficient (Wildman–Crippen LogP) is 5.81. The largest absolute Gasteiger partial charge is 0.311 e. The minimum atomic E-state index is -0.357. The van der Waals surface area contributed by atoms with Crippen molar-refractivity contribution in [3.05, 3.63) is 82.0 Å². The SMILES string of the molecule is CCCCCn1c(-c2ccccc2F)cc(=O)n2cc(-c3ccc(Cl)cc3)nc12. The van der Waals surface area contributed by atoms with Gasteiger partial charge in [-0.15, -0.1) is 0 Å². The van der Waals surface area contributed by atoms with E-state index in [0.29, 0.717) is 34.3 Å². The molecule has 6 heteroatoms. The number of aryl methyl sites for hydroxylation is 1. The van der Waals surface area contributed by atoms with Gasteiger partial charge in [-0.25, -0.2) is 9.37 Å². The molecular formula is C23H21ClFN3O. The van der Waals surface area contributed by atoms with Crippen molar-refractivity contribution in [2.24, 2.45) is 0 Å². The zero-order valence-corrected chi connectivity index (χ0v) is 16.9. The molecule has 0 N–H and O–H groups in total. The Morgan fingerprint density at radius 2 is 1.83 bits per heavy atom. The van der Waals surface area contributed by atoms with Gasteiger partial charge in [0, 0.05) is 35.0 Å². The molecule has 4 aromatic rings. The van der Waals surface area contributed by atoms with E-state index in [1.165, 1.54) is 16.5 Å². The van der Waals surface area contributed by atoms with Gasteiger partial charge in [-0.1, -0.05) is 55.6 Å². The van der Waals surface area contributed by atoms with Crippen molar-refractivity contribution < 1.29 is 4.39 Å². The quantitative estimate of drug-likeness (QED) is 0.377. The van der Waals surface area contributed by atoms with Crippen molar-refractivity contribution in [1.29, 1.82) is 0 Å². The van der Waals surface area contributed by atoms with Gasteiger partial charge in [0.1, 0.15) is 5.82 Å². The van der Waals surface area contributed by atoms with Gasteiger partial charge in [-0.3, -0.25) is 9.20 Å². The van der Waals surface area contributed by atoms with Crippen LogP contribution in [0.4, 0.5) is 4.39 Å². The Hall–Kier alpha value is -2.92. The van der Waals surface area contributed by atoms with E-state index in [-0.39, 0.29) is 11.4 Å². The van der Waals surface area contributed by atoms with Crippen molar-refractivity contribution in [2.75, 3.05) is 0 Å². The Labute approximate surface area is 173 Å². The number of imidazole rings is 1. The molecule has 0 bridgehead atoms. The summed E-state index contributed by atoms with van der Waals surface area (Å²) in [6, 6.07) is 15.3. The van der Waals surface area contributed by atoms with Crippen LogP contribution in [0.15, 0.2) is 65.6 Å². The first-order valence-corrected chi connectivity index (χ1v) is 10.1. The van der Waals surface area contributed by atoms with E-state index in [1.807, 2.05) is 16.7 Å². The van der Waals surface area contributed by atoms with Crippen LogP contribution in [-0.4, -0.2) is 14.0 Å². The molecule has 0 radical (unpaired) electrons. The summed E-state index contributed by atoms with van der Waals surface area (Å²) < 4.78 is 18.0. The lowest BCUT2D eigenvalue weighted by molar-refractivity contribution is 0.598. The molecule has 0 aliphatic heterocycles. The van der Waals surface area contributed by atoms with Crippen molar-refractivity contribution >= 4 is 17.4 Å². The van der Waals surface area contributed by atoms with Gasteiger partial charge in [0.25, 0.3) is 5.56 Å². The normalized spacial score (nSPS) is 11.3. The summed E-state index contributed by atoms with van der Waals surface area (Å²) in [4.78, 5) is 17.6. The molecule has 2 aromatic heterocycles. The standard InChI is InChI=1S/C23H21ClFN3O/c1-2-3-6-13-27-21(18-7-4-5-8-19(18)25)14-22(29)28-15-20(26-23(27)28)16-9-11-17(24)12-10-16/h4-5,7-12,14-15H,2-3,6,13H2,1H3. The molecule has 29 heavy (non-hydrogen) atoms. The van der Waals surface area contributed by atoms with Crippen LogP contribution in [0.25, 0.3) is 28.3 Å². The summed E-state index contributed by atoms with van der Waals surface area (Å²) in [5, 5.41) is 0.637. The molecule has 2 aromatic carbocycles. The van der Waals surface area contributed by atoms with Gasteiger partial charge in [0.2, 0.25) is 5.78 Å². The molecule has 0 saturated heterocycles. The van der Waals surface area contributed by atoms with E-state index >= 15 is 0 Å². The lowest BCUT2D eigenvalue weighted by atomic mass is 10.1. The Balaban J connectivity index is 1.93. The minimum Gasteiger partial charge on any atom is -0.311 e. The van der Waals surface area contributed by atoms with Crippen molar-refractivity contribution in [1.82, 2.24) is 14.0 Å². The molecule has 0 unspecified atom stereocenters. The Morgan fingerprint density at radius 3 is 2.55 bits per heavy atom. The zero-order valence-electron chi connectivity index (χ0n) is 16.1. The number of aromatic nitrogens is 3. The predicted molar refractivity (Wildman–Crippen MR) is 115 cm³/mol. The molecule has 0 aliphatic carbocycles. The molecule has 148 valence electrons. The molecular weight excluding hydrogens is 389 g/mol. The molecule has 0 amide bonds. The molecule has 4 rings (SSSR count). The molecule has 0 saturated carbocycles. The Bertz CT molecular complexity index is 1210. The number of unbranched alkanes of at least 4 members (excludes halogenated alkanes) is 2. The van der Waals surface area contributed by atoms with E-state index in [0.717, 1.165) is 24.8 Å². The highest BCUT2D eigenvalue weighted by molar-refractivity contribution is 6.30. The van der Waals surface area contributed by atoms with Crippen molar-refractivity contribution in [2.45, 2.75) is 32.7 Å². The summed E-state index contributed by atoms with van der Waals surface area (Å²) in [6.45, 7) is 2.78. The van der Waals surface area contributed by atoms with Crippen LogP contribution in [0.5, 0.6) is 0 Å². The fourth-order valence-corrected chi connectivity index (χ4v) is 3.61. The second-order valence-electron chi connectivity index (χ2n) is 7.01.